The molecule has 2 aliphatic rings. The number of nitrogens with zero attached hydrogens (tertiary/aromatic N) is 2. The van der Waals surface area contributed by atoms with Gasteiger partial charge in [0.2, 0.25) is 0 Å². The maximum atomic E-state index is 13.3. The highest BCUT2D eigenvalue weighted by Crippen LogP contribution is 2.30. The normalized spacial score (nSPS) is 18.2. The number of methoxy groups -OCH3 is 1. The smallest absolute Gasteiger partial charge is 0.270 e. The van der Waals surface area contributed by atoms with Crippen molar-refractivity contribution in [2.24, 2.45) is 0 Å². The molecule has 2 saturated heterocycles. The average Bonchev–Trinajstić information content (AvgIpc) is 2.79. The molecular weight excluding hydrogens is 426 g/mol. The standard InChI is InChI=1S/C24H25N3O4S/c1-15-4-6-19(12-16(15)2)27-23(29)20(22(28)25-24(27)32)13-17-5-7-18(14-21(17)30-3)26-8-10-31-11-9-26/h4-7,12-14H,8-11H2,1-3H3,(H,25,28,32)/b20-13+. The molecule has 166 valence electrons. The summed E-state index contributed by atoms with van der Waals surface area (Å²) in [6.07, 6.45) is 1.55. The van der Waals surface area contributed by atoms with E-state index in [1.54, 1.807) is 13.2 Å². The van der Waals surface area contributed by atoms with Crippen LogP contribution in [0.15, 0.2) is 42.0 Å². The lowest BCUT2D eigenvalue weighted by molar-refractivity contribution is -0.122. The number of rotatable bonds is 4. The van der Waals surface area contributed by atoms with Crippen LogP contribution in [0.1, 0.15) is 16.7 Å². The van der Waals surface area contributed by atoms with E-state index in [1.807, 2.05) is 50.2 Å². The number of aryl methyl sites for hydroxylation is 2. The van der Waals surface area contributed by atoms with Crippen molar-refractivity contribution in [2.75, 3.05) is 43.2 Å². The molecule has 8 heteroatoms. The van der Waals surface area contributed by atoms with Crippen LogP contribution in [0.25, 0.3) is 6.08 Å². The second-order valence-corrected chi connectivity index (χ2v) is 8.14. The Labute approximate surface area is 192 Å². The minimum absolute atomic E-state index is 0.00532. The summed E-state index contributed by atoms with van der Waals surface area (Å²) >= 11 is 5.30. The number of morpholine rings is 1. The lowest BCUT2D eigenvalue weighted by atomic mass is 10.0. The molecule has 2 heterocycles. The molecule has 0 atom stereocenters. The summed E-state index contributed by atoms with van der Waals surface area (Å²) in [6.45, 7) is 6.91. The van der Waals surface area contributed by atoms with Gasteiger partial charge in [-0.05, 0) is 67.5 Å². The van der Waals surface area contributed by atoms with Gasteiger partial charge >= 0.3 is 0 Å². The first-order valence-electron chi connectivity index (χ1n) is 10.4. The van der Waals surface area contributed by atoms with Gasteiger partial charge in [-0.1, -0.05) is 6.07 Å². The van der Waals surface area contributed by atoms with Crippen molar-refractivity contribution in [3.8, 4) is 5.75 Å². The van der Waals surface area contributed by atoms with Crippen molar-refractivity contribution in [1.82, 2.24) is 5.32 Å². The van der Waals surface area contributed by atoms with E-state index in [0.717, 1.165) is 29.9 Å². The Balaban J connectivity index is 1.68. The third-order valence-electron chi connectivity index (χ3n) is 5.74. The fraction of sp³-hybridized carbons (Fsp3) is 0.292. The number of benzene rings is 2. The number of nitrogens with one attached hydrogen (secondary N) is 1. The Morgan fingerprint density at radius 2 is 1.75 bits per heavy atom. The Kier molecular flexibility index (Phi) is 6.25. The van der Waals surface area contributed by atoms with E-state index in [9.17, 15) is 9.59 Å². The zero-order chi connectivity index (χ0) is 22.8. The van der Waals surface area contributed by atoms with Gasteiger partial charge in [-0.2, -0.15) is 0 Å². The quantitative estimate of drug-likeness (QED) is 0.438. The number of hydrogen-bond acceptors (Lipinski definition) is 6. The predicted molar refractivity (Wildman–Crippen MR) is 128 cm³/mol. The molecular formula is C24H25N3O4S. The monoisotopic (exact) mass is 451 g/mol. The van der Waals surface area contributed by atoms with Crippen LogP contribution in [0, 0.1) is 13.8 Å². The Bertz CT molecular complexity index is 1120. The van der Waals surface area contributed by atoms with Gasteiger partial charge in [-0.3, -0.25) is 19.8 Å². The topological polar surface area (TPSA) is 71.1 Å². The van der Waals surface area contributed by atoms with E-state index >= 15 is 0 Å². The molecule has 0 aromatic heterocycles. The first-order chi connectivity index (χ1) is 15.4. The maximum absolute atomic E-state index is 13.3. The second-order valence-electron chi connectivity index (χ2n) is 7.75. The van der Waals surface area contributed by atoms with Crippen LogP contribution in [0.3, 0.4) is 0 Å². The summed E-state index contributed by atoms with van der Waals surface area (Å²) < 4.78 is 11.0. The van der Waals surface area contributed by atoms with Crippen LogP contribution in [-0.4, -0.2) is 50.3 Å². The van der Waals surface area contributed by atoms with Crippen LogP contribution in [0.4, 0.5) is 11.4 Å². The number of carbonyl (C=O) groups excluding carboxylic acids is 2. The molecule has 0 unspecified atom stereocenters. The van der Waals surface area contributed by atoms with Gasteiger partial charge in [0, 0.05) is 30.4 Å². The molecule has 0 aliphatic carbocycles. The van der Waals surface area contributed by atoms with Crippen LogP contribution in [-0.2, 0) is 14.3 Å². The highest BCUT2D eigenvalue weighted by Gasteiger charge is 2.34. The van der Waals surface area contributed by atoms with Gasteiger partial charge in [0.05, 0.1) is 26.0 Å². The summed E-state index contributed by atoms with van der Waals surface area (Å²) in [4.78, 5) is 29.5. The molecule has 0 bridgehead atoms. The van der Waals surface area contributed by atoms with Crippen molar-refractivity contribution >= 4 is 46.6 Å². The van der Waals surface area contributed by atoms with Gasteiger partial charge < -0.3 is 14.4 Å². The summed E-state index contributed by atoms with van der Waals surface area (Å²) in [6, 6.07) is 11.3. The van der Waals surface area contributed by atoms with Crippen LogP contribution in [0.2, 0.25) is 0 Å². The maximum Gasteiger partial charge on any atom is 0.270 e. The molecule has 1 N–H and O–H groups in total. The van der Waals surface area contributed by atoms with E-state index in [-0.39, 0.29) is 10.7 Å². The zero-order valence-electron chi connectivity index (χ0n) is 18.3. The van der Waals surface area contributed by atoms with Crippen LogP contribution < -0.4 is 19.9 Å². The van der Waals surface area contributed by atoms with Crippen molar-refractivity contribution < 1.29 is 19.1 Å². The molecule has 0 radical (unpaired) electrons. The molecule has 2 amide bonds. The summed E-state index contributed by atoms with van der Waals surface area (Å²) in [5.74, 6) is -0.423. The summed E-state index contributed by atoms with van der Waals surface area (Å²) in [5, 5.41) is 2.69. The van der Waals surface area contributed by atoms with Gasteiger partial charge in [0.15, 0.2) is 5.11 Å². The molecule has 2 aliphatic heterocycles. The van der Waals surface area contributed by atoms with E-state index in [2.05, 4.69) is 10.2 Å². The second kappa shape index (κ2) is 9.10. The molecule has 2 fully saturated rings. The molecule has 2 aromatic carbocycles. The Hall–Kier alpha value is -3.23. The molecule has 0 spiro atoms. The molecule has 32 heavy (non-hydrogen) atoms. The number of hydrogen-bond donors (Lipinski definition) is 1. The summed E-state index contributed by atoms with van der Waals surface area (Å²) in [7, 11) is 1.57. The highest BCUT2D eigenvalue weighted by molar-refractivity contribution is 7.80. The number of thiocarbonyl (C=S) groups is 1. The fourth-order valence-electron chi connectivity index (χ4n) is 3.75. The number of anilines is 2. The van der Waals surface area contributed by atoms with E-state index in [1.165, 1.54) is 4.90 Å². The van der Waals surface area contributed by atoms with Gasteiger partial charge in [-0.15, -0.1) is 0 Å². The van der Waals surface area contributed by atoms with E-state index in [4.69, 9.17) is 21.7 Å². The third-order valence-corrected chi connectivity index (χ3v) is 6.03. The Morgan fingerprint density at radius 1 is 1.03 bits per heavy atom. The Morgan fingerprint density at radius 3 is 2.44 bits per heavy atom. The van der Waals surface area contributed by atoms with Crippen molar-refractivity contribution in [1.29, 1.82) is 0 Å². The molecule has 7 nitrogen and oxygen atoms in total. The minimum atomic E-state index is -0.528. The highest BCUT2D eigenvalue weighted by atomic mass is 32.1. The van der Waals surface area contributed by atoms with Crippen molar-refractivity contribution in [2.45, 2.75) is 13.8 Å². The SMILES string of the molecule is COc1cc(N2CCOCC2)ccc1/C=C1\C(=O)NC(=S)N(c2ccc(C)c(C)c2)C1=O. The largest absolute Gasteiger partial charge is 0.496 e. The lowest BCUT2D eigenvalue weighted by Crippen LogP contribution is -2.54. The lowest BCUT2D eigenvalue weighted by Gasteiger charge is -2.30. The number of ether oxygens (including phenoxy) is 2. The first-order valence-corrected chi connectivity index (χ1v) is 10.8. The van der Waals surface area contributed by atoms with E-state index < -0.39 is 11.8 Å². The predicted octanol–water partition coefficient (Wildman–Crippen LogP) is 2.98. The van der Waals surface area contributed by atoms with Gasteiger partial charge in [-0.25, -0.2) is 0 Å². The number of carbonyl (C=O) groups is 2. The number of amides is 2. The van der Waals surface area contributed by atoms with Gasteiger partial charge in [0.1, 0.15) is 11.3 Å². The van der Waals surface area contributed by atoms with Gasteiger partial charge in [0.25, 0.3) is 11.8 Å². The minimum Gasteiger partial charge on any atom is -0.496 e. The van der Waals surface area contributed by atoms with Crippen molar-refractivity contribution in [3.63, 3.8) is 0 Å². The zero-order valence-corrected chi connectivity index (χ0v) is 19.1. The molecule has 4 rings (SSSR count). The van der Waals surface area contributed by atoms with Crippen LogP contribution in [0.5, 0.6) is 5.75 Å². The van der Waals surface area contributed by atoms with Crippen molar-refractivity contribution in [3.05, 3.63) is 58.7 Å². The average molecular weight is 452 g/mol. The van der Waals surface area contributed by atoms with Crippen LogP contribution >= 0.6 is 12.2 Å². The molecule has 0 saturated carbocycles. The molecule has 2 aromatic rings. The first kappa shape index (κ1) is 22.0. The van der Waals surface area contributed by atoms with E-state index in [0.29, 0.717) is 30.2 Å². The summed E-state index contributed by atoms with van der Waals surface area (Å²) in [5.41, 5.74) is 4.38. The third kappa shape index (κ3) is 4.24. The fourth-order valence-corrected chi connectivity index (χ4v) is 4.03.